The first-order valence-corrected chi connectivity index (χ1v) is 8.29. The molecule has 0 unspecified atom stereocenters. The van der Waals surface area contributed by atoms with Crippen molar-refractivity contribution in [3.63, 3.8) is 0 Å². The topological polar surface area (TPSA) is 79.3 Å². The summed E-state index contributed by atoms with van der Waals surface area (Å²) in [5, 5.41) is 9.76. The molecule has 1 heterocycles. The number of phenols is 1. The van der Waals surface area contributed by atoms with E-state index in [-0.39, 0.29) is 17.2 Å². The zero-order valence-electron chi connectivity index (χ0n) is 10.5. The van der Waals surface area contributed by atoms with E-state index in [4.69, 9.17) is 0 Å². The van der Waals surface area contributed by atoms with Crippen LogP contribution in [0.3, 0.4) is 0 Å². The van der Waals surface area contributed by atoms with Crippen molar-refractivity contribution in [2.45, 2.75) is 6.42 Å². The number of phenolic OH excluding ortho intramolecular Hbond substituents is 1. The van der Waals surface area contributed by atoms with Gasteiger partial charge >= 0.3 is 0 Å². The van der Waals surface area contributed by atoms with Gasteiger partial charge in [0.1, 0.15) is 0 Å². The first-order chi connectivity index (χ1) is 9.48. The molecule has 0 saturated carbocycles. The van der Waals surface area contributed by atoms with Crippen molar-refractivity contribution in [1.29, 1.82) is 0 Å². The number of sulfonamides is 1. The Hall–Kier alpha value is -1.60. The normalized spacial score (nSPS) is 11.2. The van der Waals surface area contributed by atoms with E-state index in [1.54, 1.807) is 36.7 Å². The van der Waals surface area contributed by atoms with Crippen LogP contribution in [0, 0.1) is 0 Å². The molecule has 2 rings (SSSR count). The fourth-order valence-corrected chi connectivity index (χ4v) is 3.09. The summed E-state index contributed by atoms with van der Waals surface area (Å²) < 4.78 is 26.8. The van der Waals surface area contributed by atoms with E-state index in [0.717, 1.165) is 5.56 Å². The number of aromatic hydroxyl groups is 1. The van der Waals surface area contributed by atoms with Crippen LogP contribution in [0.4, 0.5) is 5.69 Å². The zero-order valence-corrected chi connectivity index (χ0v) is 12.9. The minimum absolute atomic E-state index is 0.0665. The molecule has 106 valence electrons. The summed E-state index contributed by atoms with van der Waals surface area (Å²) in [5.41, 5.74) is 1.05. The van der Waals surface area contributed by atoms with Crippen molar-refractivity contribution < 1.29 is 13.5 Å². The molecular formula is C13H13BrN2O3S. The number of nitrogens with one attached hydrogen (secondary N) is 1. The van der Waals surface area contributed by atoms with Crippen LogP contribution < -0.4 is 4.72 Å². The Labute approximate surface area is 125 Å². The highest BCUT2D eigenvalue weighted by Crippen LogP contribution is 2.32. The second kappa shape index (κ2) is 6.23. The third-order valence-electron chi connectivity index (χ3n) is 2.66. The number of anilines is 1. The molecule has 5 nitrogen and oxygen atoms in total. The fraction of sp³-hybridized carbons (Fsp3) is 0.154. The smallest absolute Gasteiger partial charge is 0.233 e. The number of hydrogen-bond acceptors (Lipinski definition) is 4. The SMILES string of the molecule is O=S(=O)(CCc1ccncc1)Nc1cccc(Br)c1O. The Bertz CT molecular complexity index is 690. The van der Waals surface area contributed by atoms with Gasteiger partial charge in [-0.3, -0.25) is 9.71 Å². The lowest BCUT2D eigenvalue weighted by molar-refractivity contribution is 0.474. The molecule has 0 aliphatic carbocycles. The van der Waals surface area contributed by atoms with Gasteiger partial charge in [0.2, 0.25) is 10.0 Å². The molecule has 0 atom stereocenters. The van der Waals surface area contributed by atoms with Crippen LogP contribution in [0.2, 0.25) is 0 Å². The number of benzene rings is 1. The molecule has 2 N–H and O–H groups in total. The molecular weight excluding hydrogens is 344 g/mol. The highest BCUT2D eigenvalue weighted by Gasteiger charge is 2.14. The maximum atomic E-state index is 12.0. The van der Waals surface area contributed by atoms with Gasteiger partial charge in [0.25, 0.3) is 0 Å². The summed E-state index contributed by atoms with van der Waals surface area (Å²) in [7, 11) is -3.52. The molecule has 0 amide bonds. The number of aryl methyl sites for hydroxylation is 1. The number of halogens is 1. The summed E-state index contributed by atoms with van der Waals surface area (Å²) >= 11 is 3.14. The average Bonchev–Trinajstić information content (AvgIpc) is 2.43. The second-order valence-electron chi connectivity index (χ2n) is 4.16. The number of aromatic nitrogens is 1. The molecule has 20 heavy (non-hydrogen) atoms. The molecule has 0 spiro atoms. The molecule has 0 radical (unpaired) electrons. The number of hydrogen-bond donors (Lipinski definition) is 2. The minimum atomic E-state index is -3.52. The van der Waals surface area contributed by atoms with Crippen LogP contribution in [0.5, 0.6) is 5.75 Å². The van der Waals surface area contributed by atoms with Crippen LogP contribution >= 0.6 is 15.9 Å². The van der Waals surface area contributed by atoms with E-state index in [0.29, 0.717) is 10.9 Å². The Morgan fingerprint density at radius 3 is 2.60 bits per heavy atom. The number of pyridine rings is 1. The van der Waals surface area contributed by atoms with Crippen molar-refractivity contribution in [1.82, 2.24) is 4.98 Å². The van der Waals surface area contributed by atoms with Crippen molar-refractivity contribution in [2.75, 3.05) is 10.5 Å². The first kappa shape index (κ1) is 14.8. The summed E-state index contributed by atoms with van der Waals surface area (Å²) in [4.78, 5) is 3.88. The molecule has 2 aromatic rings. The van der Waals surface area contributed by atoms with Gasteiger partial charge in [0.15, 0.2) is 5.75 Å². The van der Waals surface area contributed by atoms with E-state index < -0.39 is 10.0 Å². The number of rotatable bonds is 5. The Balaban J connectivity index is 2.06. The molecule has 0 bridgehead atoms. The predicted octanol–water partition coefficient (Wildman–Crippen LogP) is 2.53. The van der Waals surface area contributed by atoms with Gasteiger partial charge in [-0.05, 0) is 52.2 Å². The van der Waals surface area contributed by atoms with E-state index in [2.05, 4.69) is 25.6 Å². The quantitative estimate of drug-likeness (QED) is 0.806. The monoisotopic (exact) mass is 356 g/mol. The molecule has 7 heteroatoms. The second-order valence-corrected chi connectivity index (χ2v) is 6.86. The van der Waals surface area contributed by atoms with E-state index in [1.165, 1.54) is 6.07 Å². The van der Waals surface area contributed by atoms with Gasteiger partial charge in [0.05, 0.1) is 15.9 Å². The number of nitrogens with zero attached hydrogens (tertiary/aromatic N) is 1. The maximum Gasteiger partial charge on any atom is 0.233 e. The molecule has 0 saturated heterocycles. The molecule has 0 aliphatic rings. The van der Waals surface area contributed by atoms with E-state index in [9.17, 15) is 13.5 Å². The first-order valence-electron chi connectivity index (χ1n) is 5.85. The third kappa shape index (κ3) is 3.94. The van der Waals surface area contributed by atoms with Crippen LogP contribution in [-0.4, -0.2) is 24.3 Å². The van der Waals surface area contributed by atoms with Gasteiger partial charge in [-0.1, -0.05) is 6.07 Å². The Kier molecular flexibility index (Phi) is 4.61. The average molecular weight is 357 g/mol. The molecule has 0 fully saturated rings. The van der Waals surface area contributed by atoms with E-state index >= 15 is 0 Å². The van der Waals surface area contributed by atoms with Crippen LogP contribution in [0.15, 0.2) is 47.2 Å². The lowest BCUT2D eigenvalue weighted by Gasteiger charge is -2.10. The Morgan fingerprint density at radius 2 is 1.90 bits per heavy atom. The summed E-state index contributed by atoms with van der Waals surface area (Å²) in [5.74, 6) is -0.192. The van der Waals surface area contributed by atoms with Gasteiger partial charge in [-0.15, -0.1) is 0 Å². The summed E-state index contributed by atoms with van der Waals surface area (Å²) in [6.07, 6.45) is 3.62. The Morgan fingerprint density at radius 1 is 1.20 bits per heavy atom. The van der Waals surface area contributed by atoms with Crippen molar-refractivity contribution in [2.24, 2.45) is 0 Å². The summed E-state index contributed by atoms with van der Waals surface area (Å²) in [6, 6.07) is 8.32. The van der Waals surface area contributed by atoms with Crippen LogP contribution in [-0.2, 0) is 16.4 Å². The summed E-state index contributed by atoms with van der Waals surface area (Å²) in [6.45, 7) is 0. The third-order valence-corrected chi connectivity index (χ3v) is 4.57. The van der Waals surface area contributed by atoms with Gasteiger partial charge in [-0.2, -0.15) is 0 Å². The zero-order chi connectivity index (χ0) is 14.6. The van der Waals surface area contributed by atoms with E-state index in [1.807, 2.05) is 0 Å². The van der Waals surface area contributed by atoms with Crippen LogP contribution in [0.25, 0.3) is 0 Å². The highest BCUT2D eigenvalue weighted by molar-refractivity contribution is 9.10. The van der Waals surface area contributed by atoms with Crippen molar-refractivity contribution >= 4 is 31.6 Å². The minimum Gasteiger partial charge on any atom is -0.505 e. The van der Waals surface area contributed by atoms with Gasteiger partial charge in [0, 0.05) is 12.4 Å². The van der Waals surface area contributed by atoms with Gasteiger partial charge < -0.3 is 5.11 Å². The predicted molar refractivity (Wildman–Crippen MR) is 81.2 cm³/mol. The molecule has 1 aromatic heterocycles. The highest BCUT2D eigenvalue weighted by atomic mass is 79.9. The lowest BCUT2D eigenvalue weighted by atomic mass is 10.2. The van der Waals surface area contributed by atoms with Crippen molar-refractivity contribution in [3.05, 3.63) is 52.8 Å². The molecule has 1 aromatic carbocycles. The number of para-hydroxylation sites is 1. The van der Waals surface area contributed by atoms with Crippen LogP contribution in [0.1, 0.15) is 5.56 Å². The van der Waals surface area contributed by atoms with Gasteiger partial charge in [-0.25, -0.2) is 8.42 Å². The lowest BCUT2D eigenvalue weighted by Crippen LogP contribution is -2.18. The molecule has 0 aliphatic heterocycles. The largest absolute Gasteiger partial charge is 0.505 e. The fourth-order valence-electron chi connectivity index (χ4n) is 1.62. The standard InChI is InChI=1S/C13H13BrN2O3S/c14-11-2-1-3-12(13(11)17)16-20(18,19)9-6-10-4-7-15-8-5-10/h1-5,7-8,16-17H,6,9H2. The van der Waals surface area contributed by atoms with Crippen molar-refractivity contribution in [3.8, 4) is 5.75 Å². The maximum absolute atomic E-state index is 12.0.